The van der Waals surface area contributed by atoms with E-state index < -0.39 is 48.4 Å². The molecule has 12 aromatic carbocycles. The molecule has 16 rings (SSSR count). The van der Waals surface area contributed by atoms with Crippen molar-refractivity contribution in [1.29, 1.82) is 0 Å². The number of rotatable bonds is 6. The van der Waals surface area contributed by atoms with Crippen LogP contribution in [0, 0.1) is 0 Å². The summed E-state index contributed by atoms with van der Waals surface area (Å²) in [4.78, 5) is 2.41. The van der Waals surface area contributed by atoms with Crippen molar-refractivity contribution in [2.75, 3.05) is 4.90 Å². The van der Waals surface area contributed by atoms with Crippen LogP contribution >= 0.6 is 0 Å². The number of hydrogen-bond acceptors (Lipinski definition) is 2. The van der Waals surface area contributed by atoms with Crippen LogP contribution in [-0.4, -0.2) is 11.3 Å². The fourth-order valence-electron chi connectivity index (χ4n) is 14.6. The molecule has 4 heterocycles. The summed E-state index contributed by atoms with van der Waals surface area (Å²) in [5.74, 6) is 1.25. The van der Waals surface area contributed by atoms with Crippen molar-refractivity contribution in [2.24, 2.45) is 0 Å². The van der Waals surface area contributed by atoms with Crippen LogP contribution in [0.5, 0.6) is 11.5 Å². The van der Waals surface area contributed by atoms with Gasteiger partial charge in [-0.15, -0.1) is 0 Å². The SMILES string of the molecule is [2H]c1c([2H])c([2H])c(-c2ccc3c(c2)N(c2c(-c4ccccc4)cc(C(C)(C)C)cc2-c2ccccc2)c2cc(-n4c5ccc(C(C)(C)C)cc5c5cc(C(C)(C)C)ccc54)cc4c2B3c2ccc(-c3c([2H])c([2H])c([2H])c([2H])c3[2H])cc2C42c3ccccc3Oc3ccccc32)c([2H])c1[2H]. The number of benzene rings is 12. The molecule has 0 fully saturated rings. The van der Waals surface area contributed by atoms with Crippen LogP contribution in [0.1, 0.15) is 115 Å². The zero-order valence-corrected chi connectivity index (χ0v) is 51.5. The number of nitrogens with zero attached hydrogens (tertiary/aromatic N) is 2. The van der Waals surface area contributed by atoms with E-state index >= 15 is 0 Å². The molecule has 3 aliphatic rings. The maximum Gasteiger partial charge on any atom is 0.247 e. The predicted octanol–water partition coefficient (Wildman–Crippen LogP) is 20.4. The number of para-hydroxylation sites is 2. The molecule has 0 radical (unpaired) electrons. The largest absolute Gasteiger partial charge is 0.457 e. The van der Waals surface area contributed by atoms with Gasteiger partial charge in [-0.3, -0.25) is 0 Å². The molecular weight excluding hydrogens is 1080 g/mol. The second kappa shape index (κ2) is 20.1. The molecule has 0 bridgehead atoms. The molecule has 0 atom stereocenters. The lowest BCUT2D eigenvalue weighted by Crippen LogP contribution is -2.65. The Morgan fingerprint density at radius 3 is 1.38 bits per heavy atom. The Bertz CT molecular complexity index is 5390. The van der Waals surface area contributed by atoms with E-state index in [4.69, 9.17) is 13.0 Å². The molecule has 0 saturated heterocycles. The Hall–Kier alpha value is -9.90. The molecule has 3 aliphatic heterocycles. The topological polar surface area (TPSA) is 17.4 Å². The van der Waals surface area contributed by atoms with Crippen molar-refractivity contribution in [2.45, 2.75) is 84.0 Å². The molecule has 3 nitrogen and oxygen atoms in total. The van der Waals surface area contributed by atoms with E-state index in [2.05, 4.69) is 211 Å². The van der Waals surface area contributed by atoms with E-state index in [0.29, 0.717) is 28.3 Å². The first-order chi connectivity index (χ1) is 47.2. The van der Waals surface area contributed by atoms with E-state index in [1.807, 2.05) is 66.7 Å². The van der Waals surface area contributed by atoms with Crippen molar-refractivity contribution in [1.82, 2.24) is 4.57 Å². The first-order valence-corrected chi connectivity index (χ1v) is 30.9. The summed E-state index contributed by atoms with van der Waals surface area (Å²) in [5.41, 5.74) is 17.6. The van der Waals surface area contributed by atoms with Crippen molar-refractivity contribution >= 4 is 62.0 Å². The van der Waals surface area contributed by atoms with Crippen molar-refractivity contribution < 1.29 is 18.4 Å². The third-order valence-electron chi connectivity index (χ3n) is 18.9. The maximum absolute atomic E-state index is 9.59. The smallest absolute Gasteiger partial charge is 0.247 e. The molecule has 0 unspecified atom stereocenters. The van der Waals surface area contributed by atoms with E-state index in [-0.39, 0.29) is 51.5 Å². The minimum atomic E-state index is -1.28. The third-order valence-corrected chi connectivity index (χ3v) is 18.9. The van der Waals surface area contributed by atoms with Crippen LogP contribution in [0.2, 0.25) is 0 Å². The van der Waals surface area contributed by atoms with Gasteiger partial charge in [-0.25, -0.2) is 0 Å². The molecule has 0 amide bonds. The minimum Gasteiger partial charge on any atom is -0.457 e. The van der Waals surface area contributed by atoms with Gasteiger partial charge in [-0.05, 0) is 155 Å². The lowest BCUT2D eigenvalue weighted by atomic mass is 9.29. The van der Waals surface area contributed by atoms with Gasteiger partial charge < -0.3 is 14.2 Å². The Kier molecular flexibility index (Phi) is 10.0. The average molecular weight is 1160 g/mol. The molecule has 1 aromatic heterocycles. The number of anilines is 3. The van der Waals surface area contributed by atoms with Gasteiger partial charge in [0.15, 0.2) is 0 Å². The quantitative estimate of drug-likeness (QED) is 0.154. The minimum absolute atomic E-state index is 0.0647. The summed E-state index contributed by atoms with van der Waals surface area (Å²) in [5, 5.41) is 2.19. The van der Waals surface area contributed by atoms with Crippen molar-refractivity contribution in [3.8, 4) is 61.7 Å². The summed E-state index contributed by atoms with van der Waals surface area (Å²) in [6.07, 6.45) is 0. The van der Waals surface area contributed by atoms with Gasteiger partial charge in [0.05, 0.1) is 35.8 Å². The van der Waals surface area contributed by atoms with Gasteiger partial charge in [0.25, 0.3) is 0 Å². The highest BCUT2D eigenvalue weighted by Gasteiger charge is 2.55. The van der Waals surface area contributed by atoms with E-state index in [1.54, 1.807) is 0 Å². The summed E-state index contributed by atoms with van der Waals surface area (Å²) < 4.78 is 102. The summed E-state index contributed by atoms with van der Waals surface area (Å²) >= 11 is 0. The molecule has 0 aliphatic carbocycles. The number of hydrogen-bond donors (Lipinski definition) is 0. The average Bonchev–Trinajstić information content (AvgIpc) is 1.10. The second-order valence-electron chi connectivity index (χ2n) is 27.3. The van der Waals surface area contributed by atoms with Gasteiger partial charge in [-0.1, -0.05) is 268 Å². The summed E-state index contributed by atoms with van der Waals surface area (Å²) in [6.45, 7) is 19.6. The van der Waals surface area contributed by atoms with Crippen LogP contribution in [0.15, 0.2) is 267 Å². The van der Waals surface area contributed by atoms with Gasteiger partial charge in [0, 0.05) is 50.1 Å². The van der Waals surface area contributed by atoms with Gasteiger partial charge in [0.1, 0.15) is 11.5 Å². The molecule has 0 saturated carbocycles. The Labute approximate surface area is 538 Å². The fraction of sp³-hybridized carbons (Fsp3) is 0.153. The number of ether oxygens (including phenoxy) is 1. The van der Waals surface area contributed by atoms with Crippen LogP contribution in [0.4, 0.5) is 17.1 Å². The first-order valence-electron chi connectivity index (χ1n) is 35.9. The van der Waals surface area contributed by atoms with Crippen LogP contribution < -0.4 is 26.0 Å². The lowest BCUT2D eigenvalue weighted by Gasteiger charge is -2.50. The molecule has 13 aromatic rings. The summed E-state index contributed by atoms with van der Waals surface area (Å²) in [7, 11) is 0. The van der Waals surface area contributed by atoms with Crippen molar-refractivity contribution in [3.05, 3.63) is 306 Å². The van der Waals surface area contributed by atoms with Crippen LogP contribution in [0.3, 0.4) is 0 Å². The molecule has 4 heteroatoms. The Morgan fingerprint density at radius 2 is 0.865 bits per heavy atom. The molecular formula is C85H71BN2O. The fourth-order valence-corrected chi connectivity index (χ4v) is 14.6. The molecule has 89 heavy (non-hydrogen) atoms. The zero-order valence-electron chi connectivity index (χ0n) is 61.5. The monoisotopic (exact) mass is 1160 g/mol. The van der Waals surface area contributed by atoms with Gasteiger partial charge in [0.2, 0.25) is 6.71 Å². The Morgan fingerprint density at radius 1 is 0.382 bits per heavy atom. The zero-order chi connectivity index (χ0) is 69.4. The number of aromatic nitrogens is 1. The van der Waals surface area contributed by atoms with E-state index in [0.717, 1.165) is 105 Å². The van der Waals surface area contributed by atoms with Gasteiger partial charge in [-0.2, -0.15) is 0 Å². The second-order valence-corrected chi connectivity index (χ2v) is 27.3. The van der Waals surface area contributed by atoms with Crippen LogP contribution in [0.25, 0.3) is 72.0 Å². The number of fused-ring (bicyclic) bond motifs is 13. The normalized spacial score (nSPS) is 15.4. The molecule has 1 spiro atoms. The Balaban J connectivity index is 1.16. The summed E-state index contributed by atoms with van der Waals surface area (Å²) in [6, 6.07) is 68.5. The van der Waals surface area contributed by atoms with E-state index in [1.165, 1.54) is 11.1 Å². The molecule has 0 N–H and O–H groups in total. The van der Waals surface area contributed by atoms with Crippen LogP contribution in [-0.2, 0) is 21.7 Å². The highest BCUT2D eigenvalue weighted by Crippen LogP contribution is 2.59. The predicted molar refractivity (Wildman–Crippen MR) is 376 cm³/mol. The first kappa shape index (κ1) is 44.5. The van der Waals surface area contributed by atoms with E-state index in [9.17, 15) is 5.48 Å². The molecule has 430 valence electrons. The highest BCUT2D eigenvalue weighted by atomic mass is 16.5. The standard InChI is InChI=1S/C85H71BN2O/c1-82(2,3)60-40-44-74-66(48-60)67-49-61(83(4,5)6)41-45-75(67)87(74)63-52-71-80-77(53-63)88(81-64(56-30-18-12-19-31-56)50-62(84(7,8)9)51-65(81)57-32-20-13-21-33-57)76-47-59(55-28-16-11-17-29-55)39-43-73(76)86(80)72-42-38-58(54-26-14-10-15-27-54)46-70(72)85(71)68-34-22-24-36-78(68)89-79-37-25-23-35-69(79)85/h10-53H,1-9H3/i10D,11D,14D,15D,16D,17D,26D,27D,28D,29D. The third kappa shape index (κ3) is 8.54. The van der Waals surface area contributed by atoms with Crippen molar-refractivity contribution in [3.63, 3.8) is 0 Å². The van der Waals surface area contributed by atoms with Gasteiger partial charge >= 0.3 is 0 Å². The maximum atomic E-state index is 9.59. The highest BCUT2D eigenvalue weighted by molar-refractivity contribution is 6.99. The lowest BCUT2D eigenvalue weighted by molar-refractivity contribution is 0.435.